The van der Waals surface area contributed by atoms with Crippen molar-refractivity contribution in [2.45, 2.75) is 21.3 Å². The lowest BCUT2D eigenvalue weighted by molar-refractivity contribution is 0.0993. The summed E-state index contributed by atoms with van der Waals surface area (Å²) in [5.41, 5.74) is 1.40. The zero-order valence-corrected chi connectivity index (χ0v) is 11.3. The Balaban J connectivity index is 0.00000132. The van der Waals surface area contributed by atoms with Gasteiger partial charge in [0.1, 0.15) is 11.5 Å². The summed E-state index contributed by atoms with van der Waals surface area (Å²) in [6.07, 6.45) is 0.248. The number of phenols is 2. The van der Waals surface area contributed by atoms with Crippen LogP contribution in [0.4, 0.5) is 0 Å². The van der Waals surface area contributed by atoms with E-state index in [9.17, 15) is 15.0 Å². The molecule has 0 aliphatic rings. The van der Waals surface area contributed by atoms with Gasteiger partial charge in [0.05, 0.1) is 0 Å². The van der Waals surface area contributed by atoms with Crippen LogP contribution in [0.3, 0.4) is 0 Å². The van der Waals surface area contributed by atoms with E-state index in [0.29, 0.717) is 5.56 Å². The molecule has 3 rings (SSSR count). The quantitative estimate of drug-likeness (QED) is 0.673. The summed E-state index contributed by atoms with van der Waals surface area (Å²) in [4.78, 5) is 12.3. The van der Waals surface area contributed by atoms with E-state index in [2.05, 4.69) is 0 Å². The minimum Gasteiger partial charge on any atom is -0.508 e. The molecule has 0 atom stereocenters. The first-order chi connectivity index (χ1) is 10.1. The van der Waals surface area contributed by atoms with Crippen molar-refractivity contribution in [3.63, 3.8) is 0 Å². The lowest BCUT2D eigenvalue weighted by Crippen LogP contribution is -2.03. The fourth-order valence-electron chi connectivity index (χ4n) is 2.36. The molecule has 0 saturated heterocycles. The standard InChI is InChI=1S/C18H14O3.2CH4/c19-16-3-1-2-12(8-16)9-18(21)15-5-4-14-11-17(20)7-6-13(14)10-15;;/h1-8,10-11,19-20H,9H2;2*1H4. The molecule has 3 aromatic rings. The lowest BCUT2D eigenvalue weighted by atomic mass is 10.00. The van der Waals surface area contributed by atoms with Crippen LogP contribution >= 0.6 is 0 Å². The van der Waals surface area contributed by atoms with Crippen LogP contribution < -0.4 is 0 Å². The molecule has 0 spiro atoms. The monoisotopic (exact) mass is 310 g/mol. The molecule has 23 heavy (non-hydrogen) atoms. The second kappa shape index (κ2) is 7.45. The zero-order chi connectivity index (χ0) is 14.8. The van der Waals surface area contributed by atoms with Crippen molar-refractivity contribution in [3.8, 4) is 11.5 Å². The molecule has 120 valence electrons. The van der Waals surface area contributed by atoms with E-state index in [-0.39, 0.29) is 38.6 Å². The molecule has 2 N–H and O–H groups in total. The Labute approximate surface area is 136 Å². The summed E-state index contributed by atoms with van der Waals surface area (Å²) in [6.45, 7) is 0. The van der Waals surface area contributed by atoms with Crippen LogP contribution in [0.1, 0.15) is 30.8 Å². The van der Waals surface area contributed by atoms with Crippen LogP contribution in [-0.2, 0) is 6.42 Å². The predicted octanol–water partition coefficient (Wildman–Crippen LogP) is 4.95. The van der Waals surface area contributed by atoms with Crippen molar-refractivity contribution in [2.24, 2.45) is 0 Å². The highest BCUT2D eigenvalue weighted by molar-refractivity contribution is 6.01. The number of rotatable bonds is 3. The number of ketones is 1. The van der Waals surface area contributed by atoms with Crippen molar-refractivity contribution in [1.82, 2.24) is 0 Å². The minimum absolute atomic E-state index is 0. The summed E-state index contributed by atoms with van der Waals surface area (Å²) in [5.74, 6) is 0.367. The molecule has 0 unspecified atom stereocenters. The maximum atomic E-state index is 12.3. The Bertz CT molecular complexity index is 822. The van der Waals surface area contributed by atoms with Gasteiger partial charge in [-0.1, -0.05) is 45.2 Å². The third-order valence-corrected chi connectivity index (χ3v) is 3.42. The van der Waals surface area contributed by atoms with E-state index in [0.717, 1.165) is 16.3 Å². The Kier molecular flexibility index (Phi) is 5.91. The van der Waals surface area contributed by atoms with Crippen molar-refractivity contribution in [1.29, 1.82) is 0 Å². The highest BCUT2D eigenvalue weighted by Gasteiger charge is 2.08. The second-order valence-corrected chi connectivity index (χ2v) is 5.02. The molecule has 0 aromatic heterocycles. The van der Waals surface area contributed by atoms with Crippen LogP contribution in [-0.4, -0.2) is 16.0 Å². The average Bonchev–Trinajstić information content (AvgIpc) is 2.46. The van der Waals surface area contributed by atoms with Crippen molar-refractivity contribution >= 4 is 16.6 Å². The highest BCUT2D eigenvalue weighted by Crippen LogP contribution is 2.22. The Hall–Kier alpha value is -2.81. The summed E-state index contributed by atoms with van der Waals surface area (Å²) in [5, 5.41) is 20.7. The van der Waals surface area contributed by atoms with Crippen LogP contribution in [0.5, 0.6) is 11.5 Å². The maximum absolute atomic E-state index is 12.3. The third-order valence-electron chi connectivity index (χ3n) is 3.42. The van der Waals surface area contributed by atoms with Gasteiger partial charge in [-0.15, -0.1) is 0 Å². The number of benzene rings is 3. The van der Waals surface area contributed by atoms with Gasteiger partial charge in [-0.25, -0.2) is 0 Å². The first-order valence-corrected chi connectivity index (χ1v) is 6.66. The van der Waals surface area contributed by atoms with Crippen molar-refractivity contribution in [3.05, 3.63) is 71.8 Å². The van der Waals surface area contributed by atoms with Gasteiger partial charge in [0.2, 0.25) is 0 Å². The lowest BCUT2D eigenvalue weighted by Gasteiger charge is -2.05. The van der Waals surface area contributed by atoms with Crippen molar-refractivity contribution in [2.75, 3.05) is 0 Å². The first-order valence-electron chi connectivity index (χ1n) is 6.66. The highest BCUT2D eigenvalue weighted by atomic mass is 16.3. The fourth-order valence-corrected chi connectivity index (χ4v) is 2.36. The van der Waals surface area contributed by atoms with Crippen molar-refractivity contribution < 1.29 is 15.0 Å². The van der Waals surface area contributed by atoms with Gasteiger partial charge < -0.3 is 10.2 Å². The van der Waals surface area contributed by atoms with E-state index in [1.807, 2.05) is 18.2 Å². The van der Waals surface area contributed by atoms with E-state index < -0.39 is 0 Å². The Morgan fingerprint density at radius 1 is 0.783 bits per heavy atom. The summed E-state index contributed by atoms with van der Waals surface area (Å²) in [7, 11) is 0. The molecule has 0 amide bonds. The number of hydrogen-bond acceptors (Lipinski definition) is 3. The van der Waals surface area contributed by atoms with E-state index in [1.54, 1.807) is 42.5 Å². The normalized spacial score (nSPS) is 9.74. The largest absolute Gasteiger partial charge is 0.508 e. The van der Waals surface area contributed by atoms with Crippen LogP contribution in [0.2, 0.25) is 0 Å². The van der Waals surface area contributed by atoms with Gasteiger partial charge in [0.25, 0.3) is 0 Å². The summed E-state index contributed by atoms with van der Waals surface area (Å²) in [6, 6.07) is 17.2. The molecular weight excluding hydrogens is 288 g/mol. The number of carbonyl (C=O) groups is 1. The molecule has 3 heteroatoms. The van der Waals surface area contributed by atoms with Gasteiger partial charge >= 0.3 is 0 Å². The molecule has 3 aromatic carbocycles. The molecule has 0 saturated carbocycles. The number of Topliss-reactive ketones (excluding diaryl/α,β-unsaturated/α-hetero) is 1. The topological polar surface area (TPSA) is 57.5 Å². The number of hydrogen-bond donors (Lipinski definition) is 2. The van der Waals surface area contributed by atoms with E-state index >= 15 is 0 Å². The average molecular weight is 310 g/mol. The molecule has 0 radical (unpaired) electrons. The Morgan fingerprint density at radius 3 is 2.17 bits per heavy atom. The SMILES string of the molecule is C.C.O=C(Cc1cccc(O)c1)c1ccc2cc(O)ccc2c1. The summed E-state index contributed by atoms with van der Waals surface area (Å²) >= 11 is 0. The number of phenolic OH excluding ortho intramolecular Hbond substituents is 2. The molecule has 0 bridgehead atoms. The molecular formula is C20H22O3. The predicted molar refractivity (Wildman–Crippen MR) is 95.2 cm³/mol. The molecule has 0 fully saturated rings. The van der Waals surface area contributed by atoms with Crippen LogP contribution in [0.25, 0.3) is 10.8 Å². The molecule has 0 aliphatic heterocycles. The maximum Gasteiger partial charge on any atom is 0.167 e. The molecule has 0 heterocycles. The van der Waals surface area contributed by atoms with Gasteiger partial charge in [-0.2, -0.15) is 0 Å². The van der Waals surface area contributed by atoms with Gasteiger partial charge in [-0.3, -0.25) is 4.79 Å². The second-order valence-electron chi connectivity index (χ2n) is 5.02. The fraction of sp³-hybridized carbons (Fsp3) is 0.150. The molecule has 3 nitrogen and oxygen atoms in total. The van der Waals surface area contributed by atoms with Crippen LogP contribution in [0, 0.1) is 0 Å². The third kappa shape index (κ3) is 4.10. The molecule has 0 aliphatic carbocycles. The summed E-state index contributed by atoms with van der Waals surface area (Å²) < 4.78 is 0. The van der Waals surface area contributed by atoms with Gasteiger partial charge in [0.15, 0.2) is 5.78 Å². The number of aromatic hydroxyl groups is 2. The first kappa shape index (κ1) is 18.2. The Morgan fingerprint density at radius 2 is 1.43 bits per heavy atom. The number of fused-ring (bicyclic) bond motifs is 1. The van der Waals surface area contributed by atoms with E-state index in [1.165, 1.54) is 0 Å². The number of carbonyl (C=O) groups excluding carboxylic acids is 1. The smallest absolute Gasteiger partial charge is 0.167 e. The minimum atomic E-state index is -0.00410. The van der Waals surface area contributed by atoms with Crippen LogP contribution in [0.15, 0.2) is 60.7 Å². The van der Waals surface area contributed by atoms with Gasteiger partial charge in [-0.05, 0) is 46.7 Å². The zero-order valence-electron chi connectivity index (χ0n) is 11.3. The van der Waals surface area contributed by atoms with E-state index in [4.69, 9.17) is 0 Å². The van der Waals surface area contributed by atoms with Gasteiger partial charge in [0, 0.05) is 12.0 Å².